The highest BCUT2D eigenvalue weighted by Crippen LogP contribution is 2.39. The van der Waals surface area contributed by atoms with Gasteiger partial charge in [-0.05, 0) is 31.9 Å². The van der Waals surface area contributed by atoms with Gasteiger partial charge in [-0.25, -0.2) is 0 Å². The third-order valence-electron chi connectivity index (χ3n) is 5.46. The summed E-state index contributed by atoms with van der Waals surface area (Å²) < 4.78 is 5.65. The molecule has 2 heterocycles. The molecule has 1 saturated carbocycles. The minimum atomic E-state index is 0.0826. The largest absolute Gasteiger partial charge is 0.381 e. The lowest BCUT2D eigenvalue weighted by Gasteiger charge is -2.37. The highest BCUT2D eigenvalue weighted by Gasteiger charge is 2.43. The fraction of sp³-hybridized carbons (Fsp3) is 0.474. The van der Waals surface area contributed by atoms with Gasteiger partial charge in [-0.15, -0.1) is 0 Å². The molecule has 1 aromatic heterocycles. The molecule has 1 unspecified atom stereocenters. The number of benzene rings is 1. The van der Waals surface area contributed by atoms with E-state index in [9.17, 15) is 4.79 Å². The number of para-hydroxylation sites is 1. The standard InChI is InChI=1S/C19H21ClN2O2/c1-11-8-15(14-4-3-5-16(20)17(14)21-11)19(23)22-9-12-6-7-13(10-22)18(12)24-2/h3-5,8,12-13,18H,6-7,9-10H2,1-2H3/t12-,13+,18?. The smallest absolute Gasteiger partial charge is 0.254 e. The molecule has 3 atom stereocenters. The van der Waals surface area contributed by atoms with Crippen LogP contribution in [0.4, 0.5) is 0 Å². The summed E-state index contributed by atoms with van der Waals surface area (Å²) in [6, 6.07) is 7.50. The van der Waals surface area contributed by atoms with Crippen molar-refractivity contribution in [2.24, 2.45) is 11.8 Å². The van der Waals surface area contributed by atoms with E-state index >= 15 is 0 Å². The summed E-state index contributed by atoms with van der Waals surface area (Å²) in [6.45, 7) is 3.45. The molecule has 4 rings (SSSR count). The molecule has 5 heteroatoms. The minimum absolute atomic E-state index is 0.0826. The van der Waals surface area contributed by atoms with E-state index in [1.807, 2.05) is 36.1 Å². The summed E-state index contributed by atoms with van der Waals surface area (Å²) in [6.07, 6.45) is 2.60. The molecule has 0 spiro atoms. The summed E-state index contributed by atoms with van der Waals surface area (Å²) in [5, 5.41) is 1.42. The fourth-order valence-corrected chi connectivity index (χ4v) is 4.63. The Morgan fingerprint density at radius 3 is 2.67 bits per heavy atom. The average molecular weight is 345 g/mol. The number of rotatable bonds is 2. The number of carbonyl (C=O) groups excluding carboxylic acids is 1. The predicted octanol–water partition coefficient (Wildman–Crippen LogP) is 3.69. The first kappa shape index (κ1) is 15.9. The van der Waals surface area contributed by atoms with Crippen molar-refractivity contribution in [2.75, 3.05) is 20.2 Å². The maximum absolute atomic E-state index is 13.2. The Hall–Kier alpha value is -1.65. The van der Waals surface area contributed by atoms with E-state index in [2.05, 4.69) is 4.98 Å². The van der Waals surface area contributed by atoms with Crippen LogP contribution in [0.5, 0.6) is 0 Å². The molecule has 1 aliphatic heterocycles. The summed E-state index contributed by atoms with van der Waals surface area (Å²) in [5.41, 5.74) is 2.22. The van der Waals surface area contributed by atoms with E-state index in [1.54, 1.807) is 7.11 Å². The van der Waals surface area contributed by atoms with Crippen LogP contribution >= 0.6 is 11.6 Å². The van der Waals surface area contributed by atoms with E-state index in [1.165, 1.54) is 0 Å². The number of fused-ring (bicyclic) bond motifs is 3. The van der Waals surface area contributed by atoms with Crippen molar-refractivity contribution in [3.8, 4) is 0 Å². The van der Waals surface area contributed by atoms with E-state index < -0.39 is 0 Å². The van der Waals surface area contributed by atoms with Gasteiger partial charge in [-0.3, -0.25) is 9.78 Å². The van der Waals surface area contributed by atoms with Gasteiger partial charge in [0.05, 0.1) is 22.2 Å². The molecule has 2 fully saturated rings. The molecule has 1 aliphatic carbocycles. The lowest BCUT2D eigenvalue weighted by molar-refractivity contribution is -0.0113. The van der Waals surface area contributed by atoms with Crippen molar-refractivity contribution in [3.63, 3.8) is 0 Å². The number of aromatic nitrogens is 1. The van der Waals surface area contributed by atoms with Gasteiger partial charge in [-0.2, -0.15) is 0 Å². The van der Waals surface area contributed by atoms with Crippen molar-refractivity contribution in [3.05, 3.63) is 40.5 Å². The summed E-state index contributed by atoms with van der Waals surface area (Å²) in [7, 11) is 1.79. The Balaban J connectivity index is 1.71. The van der Waals surface area contributed by atoms with Gasteiger partial charge >= 0.3 is 0 Å². The molecule has 2 bridgehead atoms. The number of hydrogen-bond donors (Lipinski definition) is 0. The van der Waals surface area contributed by atoms with E-state index in [4.69, 9.17) is 16.3 Å². The lowest BCUT2D eigenvalue weighted by Crippen LogP contribution is -2.48. The first-order valence-electron chi connectivity index (χ1n) is 8.46. The van der Waals surface area contributed by atoms with E-state index in [0.29, 0.717) is 34.0 Å². The van der Waals surface area contributed by atoms with Crippen LogP contribution in [0.15, 0.2) is 24.3 Å². The van der Waals surface area contributed by atoms with Gasteiger partial charge in [-0.1, -0.05) is 23.7 Å². The van der Waals surface area contributed by atoms with E-state index in [0.717, 1.165) is 37.0 Å². The molecule has 4 nitrogen and oxygen atoms in total. The Morgan fingerprint density at radius 2 is 2.00 bits per heavy atom. The number of pyridine rings is 1. The molecule has 1 amide bonds. The summed E-state index contributed by atoms with van der Waals surface area (Å²) >= 11 is 6.28. The molecule has 0 radical (unpaired) electrons. The highest BCUT2D eigenvalue weighted by molar-refractivity contribution is 6.35. The first-order chi connectivity index (χ1) is 11.6. The van der Waals surface area contributed by atoms with Crippen LogP contribution in [0.25, 0.3) is 10.9 Å². The number of halogens is 1. The molecular weight excluding hydrogens is 324 g/mol. The molecular formula is C19H21ClN2O2. The second kappa shape index (κ2) is 6.01. The topological polar surface area (TPSA) is 42.4 Å². The van der Waals surface area contributed by atoms with Crippen molar-refractivity contribution in [1.29, 1.82) is 0 Å². The van der Waals surface area contributed by atoms with Crippen LogP contribution in [0, 0.1) is 18.8 Å². The molecule has 2 aromatic rings. The fourth-order valence-electron chi connectivity index (χ4n) is 4.41. The predicted molar refractivity (Wildman–Crippen MR) is 94.4 cm³/mol. The SMILES string of the molecule is COC1[C@@H]2CC[C@H]1CN(C(=O)c1cc(C)nc3c(Cl)cccc13)C2. The van der Waals surface area contributed by atoms with Crippen molar-refractivity contribution in [2.45, 2.75) is 25.9 Å². The maximum Gasteiger partial charge on any atom is 0.254 e. The summed E-state index contributed by atoms with van der Waals surface area (Å²) in [4.78, 5) is 19.7. The zero-order valence-corrected chi connectivity index (χ0v) is 14.7. The minimum Gasteiger partial charge on any atom is -0.381 e. The normalized spacial score (nSPS) is 26.1. The van der Waals surface area contributed by atoms with Gasteiger partial charge in [0.15, 0.2) is 0 Å². The van der Waals surface area contributed by atoms with Gasteiger partial charge < -0.3 is 9.64 Å². The van der Waals surface area contributed by atoms with Crippen LogP contribution in [0.3, 0.4) is 0 Å². The zero-order chi connectivity index (χ0) is 16.8. The van der Waals surface area contributed by atoms with Crippen molar-refractivity contribution >= 4 is 28.4 Å². The number of piperidine rings is 1. The monoisotopic (exact) mass is 344 g/mol. The van der Waals surface area contributed by atoms with Gasteiger partial charge in [0.25, 0.3) is 5.91 Å². The number of ether oxygens (including phenoxy) is 1. The number of hydrogen-bond acceptors (Lipinski definition) is 3. The maximum atomic E-state index is 13.2. The lowest BCUT2D eigenvalue weighted by atomic mass is 9.94. The Labute approximate surface area is 146 Å². The van der Waals surface area contributed by atoms with Crippen molar-refractivity contribution < 1.29 is 9.53 Å². The van der Waals surface area contributed by atoms with Crippen LogP contribution in [-0.2, 0) is 4.74 Å². The number of likely N-dealkylation sites (tertiary alicyclic amines) is 1. The van der Waals surface area contributed by atoms with Gasteiger partial charge in [0.1, 0.15) is 0 Å². The molecule has 2 aliphatic rings. The van der Waals surface area contributed by atoms with Gasteiger partial charge in [0.2, 0.25) is 0 Å². The van der Waals surface area contributed by atoms with Crippen LogP contribution in [0.2, 0.25) is 5.02 Å². The first-order valence-corrected chi connectivity index (χ1v) is 8.84. The van der Waals surface area contributed by atoms with Crippen molar-refractivity contribution in [1.82, 2.24) is 9.88 Å². The van der Waals surface area contributed by atoms with Gasteiger partial charge in [0, 0.05) is 43.1 Å². The molecule has 126 valence electrons. The Bertz CT molecular complexity index is 793. The van der Waals surface area contributed by atoms with Crippen LogP contribution < -0.4 is 0 Å². The third-order valence-corrected chi connectivity index (χ3v) is 5.76. The van der Waals surface area contributed by atoms with E-state index in [-0.39, 0.29) is 5.91 Å². The number of amides is 1. The molecule has 0 N–H and O–H groups in total. The van der Waals surface area contributed by atoms with Crippen LogP contribution in [0.1, 0.15) is 28.9 Å². The Morgan fingerprint density at radius 1 is 1.29 bits per heavy atom. The average Bonchev–Trinajstić information content (AvgIpc) is 2.82. The second-order valence-corrected chi connectivity index (χ2v) is 7.36. The number of methoxy groups -OCH3 is 1. The molecule has 1 aromatic carbocycles. The number of aryl methyl sites for hydroxylation is 1. The summed E-state index contributed by atoms with van der Waals surface area (Å²) in [5.74, 6) is 0.991. The highest BCUT2D eigenvalue weighted by atomic mass is 35.5. The number of nitrogens with zero attached hydrogens (tertiary/aromatic N) is 2. The number of carbonyl (C=O) groups is 1. The van der Waals surface area contributed by atoms with Crippen LogP contribution in [-0.4, -0.2) is 42.1 Å². The zero-order valence-electron chi connectivity index (χ0n) is 14.0. The third kappa shape index (κ3) is 2.49. The molecule has 24 heavy (non-hydrogen) atoms. The second-order valence-electron chi connectivity index (χ2n) is 6.96. The molecule has 1 saturated heterocycles. The Kier molecular flexibility index (Phi) is 3.97. The quantitative estimate of drug-likeness (QED) is 0.834.